The van der Waals surface area contributed by atoms with Crippen LogP contribution in [0.5, 0.6) is 0 Å². The summed E-state index contributed by atoms with van der Waals surface area (Å²) in [5.41, 5.74) is 0.249. The van der Waals surface area contributed by atoms with E-state index in [1.807, 2.05) is 0 Å². The fourth-order valence-electron chi connectivity index (χ4n) is 5.19. The molecule has 128 valence electrons. The molecule has 5 rings (SSSR count). The maximum atomic E-state index is 12.9. The SMILES string of the molecule is O=C(COC(=O)c1ccc(F)cc1)NC1C2CC3CC(C2)CC1C3. The normalized spacial score (nSPS) is 33.3. The van der Waals surface area contributed by atoms with Crippen molar-refractivity contribution in [2.45, 2.75) is 38.1 Å². The second-order valence-electron chi connectivity index (χ2n) is 7.61. The summed E-state index contributed by atoms with van der Waals surface area (Å²) in [4.78, 5) is 24.0. The van der Waals surface area contributed by atoms with E-state index in [1.165, 1.54) is 56.4 Å². The molecule has 0 aliphatic heterocycles. The predicted octanol–water partition coefficient (Wildman–Crippen LogP) is 2.92. The number of ether oxygens (including phenoxy) is 1. The second-order valence-corrected chi connectivity index (χ2v) is 7.61. The number of carbonyl (C=O) groups excluding carboxylic acids is 2. The molecule has 0 aromatic heterocycles. The summed E-state index contributed by atoms with van der Waals surface area (Å²) >= 11 is 0. The molecule has 4 aliphatic carbocycles. The largest absolute Gasteiger partial charge is 0.452 e. The van der Waals surface area contributed by atoms with Crippen LogP contribution < -0.4 is 5.32 Å². The average Bonchev–Trinajstić information content (AvgIpc) is 2.56. The zero-order chi connectivity index (χ0) is 16.7. The first-order chi connectivity index (χ1) is 11.6. The van der Waals surface area contributed by atoms with Gasteiger partial charge in [-0.05, 0) is 80.0 Å². The number of hydrogen-bond acceptors (Lipinski definition) is 3. The monoisotopic (exact) mass is 331 g/mol. The number of esters is 1. The van der Waals surface area contributed by atoms with E-state index < -0.39 is 11.8 Å². The Morgan fingerprint density at radius 2 is 1.58 bits per heavy atom. The molecule has 1 aromatic carbocycles. The van der Waals surface area contributed by atoms with Crippen molar-refractivity contribution in [2.24, 2.45) is 23.7 Å². The van der Waals surface area contributed by atoms with Crippen molar-refractivity contribution in [1.82, 2.24) is 5.32 Å². The van der Waals surface area contributed by atoms with Crippen LogP contribution in [0.25, 0.3) is 0 Å². The van der Waals surface area contributed by atoms with E-state index in [9.17, 15) is 14.0 Å². The maximum Gasteiger partial charge on any atom is 0.338 e. The second kappa shape index (κ2) is 6.19. The lowest BCUT2D eigenvalue weighted by molar-refractivity contribution is -0.128. The van der Waals surface area contributed by atoms with Gasteiger partial charge < -0.3 is 10.1 Å². The molecule has 0 saturated heterocycles. The molecule has 4 fully saturated rings. The Balaban J connectivity index is 1.29. The van der Waals surface area contributed by atoms with Gasteiger partial charge in [-0.15, -0.1) is 0 Å². The molecule has 1 aromatic rings. The highest BCUT2D eigenvalue weighted by Crippen LogP contribution is 2.53. The summed E-state index contributed by atoms with van der Waals surface area (Å²) in [7, 11) is 0. The first-order valence-electron chi connectivity index (χ1n) is 8.80. The molecule has 0 atom stereocenters. The van der Waals surface area contributed by atoms with Crippen molar-refractivity contribution in [3.05, 3.63) is 35.6 Å². The van der Waals surface area contributed by atoms with Crippen LogP contribution in [0, 0.1) is 29.5 Å². The molecule has 4 nitrogen and oxygen atoms in total. The van der Waals surface area contributed by atoms with Crippen LogP contribution in [0.15, 0.2) is 24.3 Å². The van der Waals surface area contributed by atoms with Gasteiger partial charge in [-0.1, -0.05) is 0 Å². The maximum absolute atomic E-state index is 12.9. The number of nitrogens with one attached hydrogen (secondary N) is 1. The summed E-state index contributed by atoms with van der Waals surface area (Å²) < 4.78 is 17.9. The van der Waals surface area contributed by atoms with E-state index in [4.69, 9.17) is 4.74 Å². The molecule has 4 saturated carbocycles. The van der Waals surface area contributed by atoms with Crippen LogP contribution in [0.2, 0.25) is 0 Å². The molecule has 4 aliphatic rings. The number of hydrogen-bond donors (Lipinski definition) is 1. The molecule has 1 N–H and O–H groups in total. The van der Waals surface area contributed by atoms with Gasteiger partial charge in [0.05, 0.1) is 5.56 Å². The van der Waals surface area contributed by atoms with E-state index in [-0.39, 0.29) is 24.1 Å². The van der Waals surface area contributed by atoms with Gasteiger partial charge in [0.15, 0.2) is 6.61 Å². The van der Waals surface area contributed by atoms with Crippen molar-refractivity contribution >= 4 is 11.9 Å². The van der Waals surface area contributed by atoms with E-state index in [1.54, 1.807) is 0 Å². The van der Waals surface area contributed by atoms with Gasteiger partial charge in [-0.2, -0.15) is 0 Å². The molecule has 0 unspecified atom stereocenters. The Bertz CT molecular complexity index is 615. The lowest BCUT2D eigenvalue weighted by Gasteiger charge is -2.54. The van der Waals surface area contributed by atoms with E-state index >= 15 is 0 Å². The van der Waals surface area contributed by atoms with Crippen molar-refractivity contribution in [1.29, 1.82) is 0 Å². The third-order valence-electron chi connectivity index (χ3n) is 5.97. The Morgan fingerprint density at radius 1 is 1.00 bits per heavy atom. The smallest absolute Gasteiger partial charge is 0.338 e. The minimum absolute atomic E-state index is 0.233. The summed E-state index contributed by atoms with van der Waals surface area (Å²) in [5.74, 6) is 1.66. The summed E-state index contributed by atoms with van der Waals surface area (Å²) in [5, 5.41) is 3.10. The van der Waals surface area contributed by atoms with E-state index in [0.29, 0.717) is 11.8 Å². The van der Waals surface area contributed by atoms with E-state index in [0.717, 1.165) is 11.8 Å². The minimum atomic E-state index is -0.602. The molecule has 24 heavy (non-hydrogen) atoms. The van der Waals surface area contributed by atoms with Gasteiger partial charge >= 0.3 is 5.97 Å². The zero-order valence-electron chi connectivity index (χ0n) is 13.5. The summed E-state index contributed by atoms with van der Waals surface area (Å²) in [6.45, 7) is -0.279. The molecule has 0 radical (unpaired) electrons. The van der Waals surface area contributed by atoms with E-state index in [2.05, 4.69) is 5.32 Å². The highest BCUT2D eigenvalue weighted by Gasteiger charge is 2.48. The highest BCUT2D eigenvalue weighted by molar-refractivity contribution is 5.91. The third kappa shape index (κ3) is 3.04. The van der Waals surface area contributed by atoms with Gasteiger partial charge in [0.25, 0.3) is 5.91 Å². The summed E-state index contributed by atoms with van der Waals surface area (Å²) in [6.07, 6.45) is 6.30. The molecule has 0 heterocycles. The Morgan fingerprint density at radius 3 is 2.17 bits per heavy atom. The topological polar surface area (TPSA) is 55.4 Å². The number of halogens is 1. The van der Waals surface area contributed by atoms with Crippen LogP contribution >= 0.6 is 0 Å². The quantitative estimate of drug-likeness (QED) is 0.863. The van der Waals surface area contributed by atoms with Gasteiger partial charge in [0.1, 0.15) is 5.82 Å². The van der Waals surface area contributed by atoms with Crippen molar-refractivity contribution in [2.75, 3.05) is 6.61 Å². The predicted molar refractivity (Wildman–Crippen MR) is 85.7 cm³/mol. The van der Waals surface area contributed by atoms with Crippen LogP contribution in [-0.4, -0.2) is 24.5 Å². The van der Waals surface area contributed by atoms with Gasteiger partial charge in [0.2, 0.25) is 0 Å². The fourth-order valence-corrected chi connectivity index (χ4v) is 5.19. The highest BCUT2D eigenvalue weighted by atomic mass is 19.1. The molecular weight excluding hydrogens is 309 g/mol. The minimum Gasteiger partial charge on any atom is -0.452 e. The zero-order valence-corrected chi connectivity index (χ0v) is 13.5. The van der Waals surface area contributed by atoms with Crippen molar-refractivity contribution in [3.8, 4) is 0 Å². The summed E-state index contributed by atoms with van der Waals surface area (Å²) in [6, 6.07) is 5.35. The van der Waals surface area contributed by atoms with Crippen molar-refractivity contribution in [3.63, 3.8) is 0 Å². The lowest BCUT2D eigenvalue weighted by Crippen LogP contribution is -2.56. The molecule has 0 spiro atoms. The number of rotatable bonds is 4. The molecule has 4 bridgehead atoms. The first-order valence-corrected chi connectivity index (χ1v) is 8.80. The van der Waals surface area contributed by atoms with Crippen LogP contribution in [0.4, 0.5) is 4.39 Å². The van der Waals surface area contributed by atoms with Crippen LogP contribution in [-0.2, 0) is 9.53 Å². The molecule has 5 heteroatoms. The van der Waals surface area contributed by atoms with Crippen LogP contribution in [0.1, 0.15) is 42.5 Å². The van der Waals surface area contributed by atoms with Crippen LogP contribution in [0.3, 0.4) is 0 Å². The Hall–Kier alpha value is -1.91. The Labute approximate surface area is 140 Å². The number of benzene rings is 1. The fraction of sp³-hybridized carbons (Fsp3) is 0.579. The molecular formula is C19H22FNO3. The standard InChI is InChI=1S/C19H22FNO3/c20-16-3-1-13(2-4-16)19(23)24-10-17(22)21-18-14-6-11-5-12(8-14)9-15(18)7-11/h1-4,11-12,14-15,18H,5-10H2,(H,21,22). The van der Waals surface area contributed by atoms with Gasteiger partial charge in [-0.25, -0.2) is 9.18 Å². The van der Waals surface area contributed by atoms with Gasteiger partial charge in [0, 0.05) is 6.04 Å². The first kappa shape index (κ1) is 15.6. The van der Waals surface area contributed by atoms with Crippen molar-refractivity contribution < 1.29 is 18.7 Å². The third-order valence-corrected chi connectivity index (χ3v) is 5.97. The average molecular weight is 331 g/mol. The van der Waals surface area contributed by atoms with Gasteiger partial charge in [-0.3, -0.25) is 4.79 Å². The lowest BCUT2D eigenvalue weighted by atomic mass is 9.54. The Kier molecular flexibility index (Phi) is 4.02. The number of carbonyl (C=O) groups is 2. The molecule has 1 amide bonds. The number of amides is 1.